The molecule has 0 bridgehead atoms. The molecule has 0 aromatic carbocycles. The molecule has 4 nitrogen and oxygen atoms in total. The Balaban J connectivity index is 2.76. The summed E-state index contributed by atoms with van der Waals surface area (Å²) in [5, 5.41) is 0. The van der Waals surface area contributed by atoms with Crippen molar-refractivity contribution in [3.05, 3.63) is 16.6 Å². The first-order chi connectivity index (χ1) is 5.79. The smallest absolute Gasteiger partial charge is 0.315 e. The van der Waals surface area contributed by atoms with Gasteiger partial charge in [0, 0.05) is 17.6 Å². The zero-order valence-corrected chi connectivity index (χ0v) is 7.50. The van der Waals surface area contributed by atoms with E-state index in [9.17, 15) is 4.79 Å². The molecule has 0 spiro atoms. The standard InChI is InChI=1S/C7H10N2O2S/c1-11-7(10)5(2-8)6-3-9-4-12-6/h3-5H,2,8H2,1H3. The van der Waals surface area contributed by atoms with Crippen LogP contribution in [0.2, 0.25) is 0 Å². The van der Waals surface area contributed by atoms with E-state index in [1.54, 1.807) is 11.7 Å². The van der Waals surface area contributed by atoms with E-state index in [0.29, 0.717) is 0 Å². The molecule has 1 heterocycles. The van der Waals surface area contributed by atoms with Crippen LogP contribution in [-0.4, -0.2) is 24.6 Å². The molecule has 0 aliphatic rings. The number of methoxy groups -OCH3 is 1. The van der Waals surface area contributed by atoms with Gasteiger partial charge >= 0.3 is 5.97 Å². The van der Waals surface area contributed by atoms with E-state index in [4.69, 9.17) is 5.73 Å². The summed E-state index contributed by atoms with van der Waals surface area (Å²) in [7, 11) is 1.35. The lowest BCUT2D eigenvalue weighted by molar-refractivity contribution is -0.142. The van der Waals surface area contributed by atoms with Crippen molar-refractivity contribution in [1.82, 2.24) is 4.98 Å². The van der Waals surface area contributed by atoms with Gasteiger partial charge in [-0.25, -0.2) is 0 Å². The van der Waals surface area contributed by atoms with E-state index >= 15 is 0 Å². The van der Waals surface area contributed by atoms with Gasteiger partial charge in [-0.05, 0) is 0 Å². The molecule has 0 saturated heterocycles. The highest BCUT2D eigenvalue weighted by Crippen LogP contribution is 2.19. The normalized spacial score (nSPS) is 12.5. The van der Waals surface area contributed by atoms with Crippen molar-refractivity contribution in [3.8, 4) is 0 Å². The number of hydrogen-bond acceptors (Lipinski definition) is 5. The molecule has 0 aliphatic carbocycles. The Hall–Kier alpha value is -0.940. The van der Waals surface area contributed by atoms with Gasteiger partial charge in [0.1, 0.15) is 5.92 Å². The lowest BCUT2D eigenvalue weighted by atomic mass is 10.1. The number of carbonyl (C=O) groups is 1. The maximum atomic E-state index is 11.1. The van der Waals surface area contributed by atoms with Crippen LogP contribution in [0.1, 0.15) is 10.8 Å². The number of hydrogen-bond donors (Lipinski definition) is 1. The Labute approximate surface area is 74.4 Å². The fourth-order valence-electron chi connectivity index (χ4n) is 0.869. The Morgan fingerprint density at radius 3 is 3.08 bits per heavy atom. The summed E-state index contributed by atoms with van der Waals surface area (Å²) in [6.45, 7) is 0.259. The molecule has 5 heteroatoms. The fraction of sp³-hybridized carbons (Fsp3) is 0.429. The zero-order chi connectivity index (χ0) is 8.97. The minimum absolute atomic E-state index is 0.259. The van der Waals surface area contributed by atoms with Gasteiger partial charge in [-0.15, -0.1) is 11.3 Å². The molecule has 1 aromatic heterocycles. The molecular weight excluding hydrogens is 176 g/mol. The van der Waals surface area contributed by atoms with E-state index < -0.39 is 0 Å². The number of ether oxygens (including phenoxy) is 1. The quantitative estimate of drug-likeness (QED) is 0.692. The largest absolute Gasteiger partial charge is 0.468 e. The minimum atomic E-state index is -0.359. The number of esters is 1. The van der Waals surface area contributed by atoms with Crippen molar-refractivity contribution in [2.24, 2.45) is 5.73 Å². The molecule has 0 radical (unpaired) electrons. The lowest BCUT2D eigenvalue weighted by Crippen LogP contribution is -2.21. The van der Waals surface area contributed by atoms with Crippen molar-refractivity contribution in [3.63, 3.8) is 0 Å². The van der Waals surface area contributed by atoms with Crippen LogP contribution in [-0.2, 0) is 9.53 Å². The van der Waals surface area contributed by atoms with Crippen molar-refractivity contribution in [2.75, 3.05) is 13.7 Å². The molecule has 1 unspecified atom stereocenters. The van der Waals surface area contributed by atoms with Gasteiger partial charge in [0.05, 0.1) is 12.6 Å². The Bertz CT molecular complexity index is 248. The Morgan fingerprint density at radius 1 is 1.92 bits per heavy atom. The number of thiazole rings is 1. The molecule has 66 valence electrons. The van der Waals surface area contributed by atoms with E-state index in [0.717, 1.165) is 4.88 Å². The highest BCUT2D eigenvalue weighted by atomic mass is 32.1. The van der Waals surface area contributed by atoms with Gasteiger partial charge in [0.2, 0.25) is 0 Å². The molecule has 1 rings (SSSR count). The molecule has 0 amide bonds. The number of carbonyl (C=O) groups excluding carboxylic acids is 1. The second kappa shape index (κ2) is 4.18. The number of nitrogens with zero attached hydrogens (tertiary/aromatic N) is 1. The second-order valence-corrected chi connectivity index (χ2v) is 3.13. The third-order valence-electron chi connectivity index (χ3n) is 1.52. The van der Waals surface area contributed by atoms with Crippen LogP contribution >= 0.6 is 11.3 Å². The van der Waals surface area contributed by atoms with E-state index in [1.807, 2.05) is 0 Å². The number of aromatic nitrogens is 1. The van der Waals surface area contributed by atoms with Crippen molar-refractivity contribution >= 4 is 17.3 Å². The summed E-state index contributed by atoms with van der Waals surface area (Å²) in [5.41, 5.74) is 7.09. The zero-order valence-electron chi connectivity index (χ0n) is 6.69. The highest BCUT2D eigenvalue weighted by molar-refractivity contribution is 7.09. The first-order valence-corrected chi connectivity index (χ1v) is 4.33. The van der Waals surface area contributed by atoms with Gasteiger partial charge in [-0.2, -0.15) is 0 Å². The summed E-state index contributed by atoms with van der Waals surface area (Å²) < 4.78 is 4.59. The van der Waals surface area contributed by atoms with E-state index in [2.05, 4.69) is 9.72 Å². The first-order valence-electron chi connectivity index (χ1n) is 3.46. The third-order valence-corrected chi connectivity index (χ3v) is 2.41. The second-order valence-electron chi connectivity index (χ2n) is 2.22. The molecule has 1 aromatic rings. The van der Waals surface area contributed by atoms with Crippen LogP contribution in [0.4, 0.5) is 0 Å². The van der Waals surface area contributed by atoms with Crippen molar-refractivity contribution in [1.29, 1.82) is 0 Å². The molecule has 12 heavy (non-hydrogen) atoms. The SMILES string of the molecule is COC(=O)C(CN)c1cncs1. The van der Waals surface area contributed by atoms with Crippen LogP contribution < -0.4 is 5.73 Å². The average molecular weight is 186 g/mol. The molecule has 2 N–H and O–H groups in total. The molecule has 0 fully saturated rings. The summed E-state index contributed by atoms with van der Waals surface area (Å²) in [6, 6.07) is 0. The third kappa shape index (κ3) is 1.80. The summed E-state index contributed by atoms with van der Waals surface area (Å²) in [4.78, 5) is 15.8. The van der Waals surface area contributed by atoms with Crippen LogP contribution in [0.15, 0.2) is 11.7 Å². The molecular formula is C7H10N2O2S. The predicted octanol–water partition coefficient (Wildman–Crippen LogP) is 0.358. The highest BCUT2D eigenvalue weighted by Gasteiger charge is 2.20. The van der Waals surface area contributed by atoms with Gasteiger partial charge < -0.3 is 10.5 Å². The van der Waals surface area contributed by atoms with Gasteiger partial charge in [-0.1, -0.05) is 0 Å². The number of nitrogens with two attached hydrogens (primary N) is 1. The first kappa shape index (κ1) is 9.15. The van der Waals surface area contributed by atoms with E-state index in [-0.39, 0.29) is 18.4 Å². The summed E-state index contributed by atoms with van der Waals surface area (Å²) >= 11 is 1.41. The van der Waals surface area contributed by atoms with Crippen LogP contribution in [0.5, 0.6) is 0 Å². The van der Waals surface area contributed by atoms with Gasteiger partial charge in [0.15, 0.2) is 0 Å². The van der Waals surface area contributed by atoms with Gasteiger partial charge in [-0.3, -0.25) is 9.78 Å². The topological polar surface area (TPSA) is 65.2 Å². The predicted molar refractivity (Wildman–Crippen MR) is 45.9 cm³/mol. The van der Waals surface area contributed by atoms with Gasteiger partial charge in [0.25, 0.3) is 0 Å². The van der Waals surface area contributed by atoms with Crippen LogP contribution in [0.25, 0.3) is 0 Å². The number of rotatable bonds is 3. The molecule has 0 saturated carbocycles. The maximum absolute atomic E-state index is 11.1. The lowest BCUT2D eigenvalue weighted by Gasteiger charge is -2.08. The summed E-state index contributed by atoms with van der Waals surface area (Å²) in [5.74, 6) is -0.663. The van der Waals surface area contributed by atoms with E-state index in [1.165, 1.54) is 18.4 Å². The van der Waals surface area contributed by atoms with Crippen molar-refractivity contribution in [2.45, 2.75) is 5.92 Å². The van der Waals surface area contributed by atoms with Crippen LogP contribution in [0, 0.1) is 0 Å². The van der Waals surface area contributed by atoms with Crippen molar-refractivity contribution < 1.29 is 9.53 Å². The molecule has 1 atom stereocenters. The fourth-order valence-corrected chi connectivity index (χ4v) is 1.59. The maximum Gasteiger partial charge on any atom is 0.315 e. The minimum Gasteiger partial charge on any atom is -0.468 e. The summed E-state index contributed by atoms with van der Waals surface area (Å²) in [6.07, 6.45) is 1.64. The Morgan fingerprint density at radius 2 is 2.67 bits per heavy atom. The monoisotopic (exact) mass is 186 g/mol. The average Bonchev–Trinajstić information content (AvgIpc) is 2.58. The molecule has 0 aliphatic heterocycles. The van der Waals surface area contributed by atoms with Crippen LogP contribution in [0.3, 0.4) is 0 Å². The Kier molecular flexibility index (Phi) is 3.19.